The third kappa shape index (κ3) is 7.31. The molecule has 188 valence electrons. The normalized spacial score (nSPS) is 10.7. The molecule has 0 spiro atoms. The van der Waals surface area contributed by atoms with Crippen LogP contribution in [0.1, 0.15) is 36.8 Å². The van der Waals surface area contributed by atoms with Crippen LogP contribution in [0.25, 0.3) is 11.1 Å². The monoisotopic (exact) mass is 493 g/mol. The average Bonchev–Trinajstić information content (AvgIpc) is 2.91. The van der Waals surface area contributed by atoms with Crippen molar-refractivity contribution in [3.63, 3.8) is 0 Å². The molecule has 0 aliphatic carbocycles. The zero-order chi connectivity index (χ0) is 26.0. The van der Waals surface area contributed by atoms with Crippen molar-refractivity contribution in [1.82, 2.24) is 0 Å². The molecule has 0 radical (unpaired) electrons. The van der Waals surface area contributed by atoms with Gasteiger partial charge in [-0.2, -0.15) is 0 Å². The minimum Gasteiger partial charge on any atom is -0.481 e. The lowest BCUT2D eigenvalue weighted by Gasteiger charge is -2.26. The quantitative estimate of drug-likeness (QED) is 0.212. The van der Waals surface area contributed by atoms with Gasteiger partial charge in [0.1, 0.15) is 0 Å². The minimum atomic E-state index is -0.770. The van der Waals surface area contributed by atoms with Crippen molar-refractivity contribution >= 4 is 29.0 Å². The van der Waals surface area contributed by atoms with Gasteiger partial charge >= 0.3 is 11.9 Å². The molecule has 0 saturated carbocycles. The first-order valence-electron chi connectivity index (χ1n) is 12.6. The van der Waals surface area contributed by atoms with Gasteiger partial charge in [0.15, 0.2) is 0 Å². The average molecular weight is 494 g/mol. The van der Waals surface area contributed by atoms with Gasteiger partial charge in [0.2, 0.25) is 0 Å². The maximum absolute atomic E-state index is 10.8. The molecule has 0 unspecified atom stereocenters. The first kappa shape index (κ1) is 25.7. The van der Waals surface area contributed by atoms with E-state index in [9.17, 15) is 9.59 Å². The third-order valence-electron chi connectivity index (χ3n) is 6.33. The maximum atomic E-state index is 10.8. The van der Waals surface area contributed by atoms with Crippen molar-refractivity contribution in [2.24, 2.45) is 0 Å². The predicted octanol–water partition coefficient (Wildman–Crippen LogP) is 7.64. The molecule has 0 saturated heterocycles. The standard InChI is InChI=1S/C32H31NO4/c34-31(35)10-4-6-24-12-18-28(19-13-24)33(29-20-14-25(15-21-29)7-5-11-32(36)37)30-22-16-27(17-23-30)26-8-2-1-3-9-26/h1-3,8-9,12-23H,4-7,10-11H2,(H,34,35)(H,36,37). The van der Waals surface area contributed by atoms with Crippen molar-refractivity contribution in [1.29, 1.82) is 0 Å². The number of aliphatic carboxylic acids is 2. The molecule has 4 aromatic rings. The molecule has 0 amide bonds. The number of benzene rings is 4. The van der Waals surface area contributed by atoms with E-state index in [1.165, 1.54) is 0 Å². The van der Waals surface area contributed by atoms with Gasteiger partial charge in [0, 0.05) is 29.9 Å². The molecule has 0 bridgehead atoms. The maximum Gasteiger partial charge on any atom is 0.303 e. The third-order valence-corrected chi connectivity index (χ3v) is 6.33. The summed E-state index contributed by atoms with van der Waals surface area (Å²) in [5.41, 5.74) is 7.57. The Morgan fingerprint density at radius 1 is 0.514 bits per heavy atom. The Hall–Kier alpha value is -4.38. The summed E-state index contributed by atoms with van der Waals surface area (Å²) in [7, 11) is 0. The molecular formula is C32H31NO4. The number of hydrogen-bond donors (Lipinski definition) is 2. The SMILES string of the molecule is O=C(O)CCCc1ccc(N(c2ccc(CCCC(=O)O)cc2)c2ccc(-c3ccccc3)cc2)cc1. The van der Waals surface area contributed by atoms with E-state index in [0.717, 1.165) is 52.2 Å². The van der Waals surface area contributed by atoms with Crippen molar-refractivity contribution in [2.45, 2.75) is 38.5 Å². The summed E-state index contributed by atoms with van der Waals surface area (Å²) >= 11 is 0. The van der Waals surface area contributed by atoms with Gasteiger partial charge in [-0.15, -0.1) is 0 Å². The highest BCUT2D eigenvalue weighted by Gasteiger charge is 2.13. The number of hydrogen-bond acceptors (Lipinski definition) is 3. The minimum absolute atomic E-state index is 0.167. The highest BCUT2D eigenvalue weighted by molar-refractivity contribution is 5.78. The van der Waals surface area contributed by atoms with Gasteiger partial charge in [-0.3, -0.25) is 9.59 Å². The lowest BCUT2D eigenvalue weighted by Crippen LogP contribution is -2.10. The molecule has 37 heavy (non-hydrogen) atoms. The van der Waals surface area contributed by atoms with E-state index in [-0.39, 0.29) is 12.8 Å². The molecule has 0 aromatic heterocycles. The van der Waals surface area contributed by atoms with E-state index < -0.39 is 11.9 Å². The molecule has 0 aliphatic heterocycles. The first-order valence-corrected chi connectivity index (χ1v) is 12.6. The van der Waals surface area contributed by atoms with Crippen LogP contribution < -0.4 is 4.90 Å². The van der Waals surface area contributed by atoms with Crippen LogP contribution in [0.15, 0.2) is 103 Å². The van der Waals surface area contributed by atoms with Gasteiger partial charge < -0.3 is 15.1 Å². The van der Waals surface area contributed by atoms with Crippen LogP contribution in [0, 0.1) is 0 Å². The molecule has 0 fully saturated rings. The Morgan fingerprint density at radius 3 is 1.30 bits per heavy atom. The largest absolute Gasteiger partial charge is 0.481 e. The van der Waals surface area contributed by atoms with Crippen molar-refractivity contribution in [3.8, 4) is 11.1 Å². The van der Waals surface area contributed by atoms with Crippen LogP contribution >= 0.6 is 0 Å². The lowest BCUT2D eigenvalue weighted by molar-refractivity contribution is -0.138. The zero-order valence-electron chi connectivity index (χ0n) is 20.7. The summed E-state index contributed by atoms with van der Waals surface area (Å²) in [4.78, 5) is 23.9. The van der Waals surface area contributed by atoms with Gasteiger partial charge in [-0.25, -0.2) is 0 Å². The summed E-state index contributed by atoms with van der Waals surface area (Å²) in [6.07, 6.45) is 3.01. The summed E-state index contributed by atoms with van der Waals surface area (Å²) in [6, 6.07) is 35.3. The summed E-state index contributed by atoms with van der Waals surface area (Å²) in [6.45, 7) is 0. The van der Waals surface area contributed by atoms with E-state index in [4.69, 9.17) is 10.2 Å². The van der Waals surface area contributed by atoms with E-state index >= 15 is 0 Å². The number of anilines is 3. The van der Waals surface area contributed by atoms with Gasteiger partial charge in [-0.05, 0) is 84.3 Å². The molecule has 4 rings (SSSR count). The Labute approximate surface area is 217 Å². The Morgan fingerprint density at radius 2 is 0.892 bits per heavy atom. The highest BCUT2D eigenvalue weighted by Crippen LogP contribution is 2.36. The van der Waals surface area contributed by atoms with Gasteiger partial charge in [0.25, 0.3) is 0 Å². The molecule has 0 heterocycles. The fraction of sp³-hybridized carbons (Fsp3) is 0.188. The van der Waals surface area contributed by atoms with E-state index in [1.807, 2.05) is 18.2 Å². The number of nitrogens with zero attached hydrogens (tertiary/aromatic N) is 1. The summed E-state index contributed by atoms with van der Waals surface area (Å²) in [5.74, 6) is -1.54. The number of carboxylic acid groups (broad SMARTS) is 2. The Kier molecular flexibility index (Phi) is 8.71. The molecule has 0 atom stereocenters. The molecular weight excluding hydrogens is 462 g/mol. The van der Waals surface area contributed by atoms with Crippen LogP contribution in [0.2, 0.25) is 0 Å². The molecule has 5 nitrogen and oxygen atoms in total. The van der Waals surface area contributed by atoms with E-state index in [0.29, 0.717) is 12.8 Å². The molecule has 4 aromatic carbocycles. The smallest absolute Gasteiger partial charge is 0.303 e. The number of aryl methyl sites for hydroxylation is 2. The van der Waals surface area contributed by atoms with Crippen LogP contribution in [0.4, 0.5) is 17.1 Å². The fourth-order valence-electron chi connectivity index (χ4n) is 4.39. The molecule has 0 aliphatic rings. The van der Waals surface area contributed by atoms with E-state index in [1.54, 1.807) is 0 Å². The number of carbonyl (C=O) groups is 2. The van der Waals surface area contributed by atoms with Crippen LogP contribution in [-0.4, -0.2) is 22.2 Å². The Bertz CT molecular complexity index is 1230. The van der Waals surface area contributed by atoms with Crippen molar-refractivity contribution in [3.05, 3.63) is 114 Å². The highest BCUT2D eigenvalue weighted by atomic mass is 16.4. The Balaban J connectivity index is 1.60. The summed E-state index contributed by atoms with van der Waals surface area (Å²) < 4.78 is 0. The molecule has 2 N–H and O–H groups in total. The molecule has 5 heteroatoms. The predicted molar refractivity (Wildman–Crippen MR) is 148 cm³/mol. The van der Waals surface area contributed by atoms with Crippen LogP contribution in [-0.2, 0) is 22.4 Å². The first-order chi connectivity index (χ1) is 18.0. The second kappa shape index (κ2) is 12.5. The van der Waals surface area contributed by atoms with Crippen molar-refractivity contribution < 1.29 is 19.8 Å². The lowest BCUT2D eigenvalue weighted by atomic mass is 10.0. The second-order valence-electron chi connectivity index (χ2n) is 9.08. The summed E-state index contributed by atoms with van der Waals surface area (Å²) in [5, 5.41) is 17.8. The van der Waals surface area contributed by atoms with Crippen LogP contribution in [0.3, 0.4) is 0 Å². The van der Waals surface area contributed by atoms with Gasteiger partial charge in [-0.1, -0.05) is 66.7 Å². The number of rotatable bonds is 12. The van der Waals surface area contributed by atoms with Gasteiger partial charge in [0.05, 0.1) is 0 Å². The second-order valence-corrected chi connectivity index (χ2v) is 9.08. The van der Waals surface area contributed by atoms with Crippen LogP contribution in [0.5, 0.6) is 0 Å². The van der Waals surface area contributed by atoms with Crippen molar-refractivity contribution in [2.75, 3.05) is 4.90 Å². The number of carboxylic acids is 2. The topological polar surface area (TPSA) is 77.8 Å². The van der Waals surface area contributed by atoms with E-state index in [2.05, 4.69) is 89.8 Å². The fourth-order valence-corrected chi connectivity index (χ4v) is 4.39. The zero-order valence-corrected chi connectivity index (χ0v) is 20.7.